The van der Waals surface area contributed by atoms with E-state index in [1.165, 1.54) is 11.0 Å². The Balaban J connectivity index is 1.70. The number of aliphatic hydroxyl groups excluding tert-OH is 1. The summed E-state index contributed by atoms with van der Waals surface area (Å²) in [6.07, 6.45) is 3.71. The molecule has 0 spiro atoms. The number of nitrogens with one attached hydrogen (secondary N) is 2. The van der Waals surface area contributed by atoms with Crippen LogP contribution in [0.4, 0.5) is 14.9 Å². The van der Waals surface area contributed by atoms with Crippen LogP contribution in [0.1, 0.15) is 84.9 Å². The summed E-state index contributed by atoms with van der Waals surface area (Å²) >= 11 is -1.51. The molecule has 1 saturated carbocycles. The molecule has 230 valence electrons. The van der Waals surface area contributed by atoms with Crippen LogP contribution in [-0.4, -0.2) is 60.6 Å². The van der Waals surface area contributed by atoms with Crippen LogP contribution in [0.5, 0.6) is 0 Å². The molecule has 2 fully saturated rings. The van der Waals surface area contributed by atoms with E-state index in [1.807, 2.05) is 32.9 Å². The molecule has 0 bridgehead atoms. The largest absolute Gasteiger partial charge is 0.598 e. The van der Waals surface area contributed by atoms with Gasteiger partial charge in [0.05, 0.1) is 24.0 Å². The Morgan fingerprint density at radius 1 is 1.17 bits per heavy atom. The number of likely N-dealkylation sites (tertiary alicyclic amines) is 1. The van der Waals surface area contributed by atoms with Crippen molar-refractivity contribution in [3.63, 3.8) is 0 Å². The summed E-state index contributed by atoms with van der Waals surface area (Å²) in [5, 5.41) is 12.9. The summed E-state index contributed by atoms with van der Waals surface area (Å²) in [7, 11) is 0. The molecule has 3 N–H and O–H groups in total. The van der Waals surface area contributed by atoms with E-state index >= 15 is 4.39 Å². The molecule has 1 aromatic heterocycles. The van der Waals surface area contributed by atoms with E-state index in [4.69, 9.17) is 4.74 Å². The number of carbonyl (C=O) groups is 2. The summed E-state index contributed by atoms with van der Waals surface area (Å²) in [4.78, 5) is 32.1. The second-order valence-corrected chi connectivity index (χ2v) is 15.3. The number of β-amino-alcohol motifs (C(OH)–C–C–N with tert-alkyl or cyclic N) is 1. The number of hydrogen-bond donors (Lipinski definition) is 3. The smallest absolute Gasteiger partial charge is 0.411 e. The molecule has 1 saturated heterocycles. The number of benzene rings is 1. The van der Waals surface area contributed by atoms with Crippen molar-refractivity contribution >= 4 is 29.0 Å². The third-order valence-corrected chi connectivity index (χ3v) is 9.12. The zero-order chi connectivity index (χ0) is 30.9. The first-order valence-electron chi connectivity index (χ1n) is 14.5. The summed E-state index contributed by atoms with van der Waals surface area (Å²) < 4.78 is 37.0. The van der Waals surface area contributed by atoms with Crippen molar-refractivity contribution in [2.75, 3.05) is 11.9 Å². The number of aliphatic hydroxyl groups is 1. The van der Waals surface area contributed by atoms with Crippen molar-refractivity contribution in [1.82, 2.24) is 14.6 Å². The van der Waals surface area contributed by atoms with Crippen LogP contribution in [-0.2, 0) is 26.4 Å². The Morgan fingerprint density at radius 2 is 1.88 bits per heavy atom. The van der Waals surface area contributed by atoms with Crippen LogP contribution in [0, 0.1) is 11.7 Å². The third-order valence-electron chi connectivity index (χ3n) is 7.48. The number of rotatable bonds is 9. The number of hydrogen-bond acceptors (Lipinski definition) is 7. The maximum Gasteiger partial charge on any atom is 0.411 e. The average molecular weight is 603 g/mol. The summed E-state index contributed by atoms with van der Waals surface area (Å²) in [5.74, 6) is -0.741. The number of anilines is 1. The quantitative estimate of drug-likeness (QED) is 0.344. The molecular weight excluding hydrogens is 559 g/mol. The number of aromatic nitrogens is 1. The van der Waals surface area contributed by atoms with E-state index in [2.05, 4.69) is 15.0 Å². The Morgan fingerprint density at radius 3 is 2.48 bits per heavy atom. The van der Waals surface area contributed by atoms with Gasteiger partial charge in [0.1, 0.15) is 27.7 Å². The molecule has 11 heteroatoms. The number of pyridine rings is 1. The fourth-order valence-electron chi connectivity index (χ4n) is 5.02. The highest BCUT2D eigenvalue weighted by Crippen LogP contribution is 2.42. The summed E-state index contributed by atoms with van der Waals surface area (Å²) in [6, 6.07) is 8.93. The molecule has 4 unspecified atom stereocenters. The van der Waals surface area contributed by atoms with Crippen molar-refractivity contribution in [2.24, 2.45) is 5.92 Å². The number of carbonyl (C=O) groups excluding carboxylic acids is 2. The molecule has 2 amide bonds. The Kier molecular flexibility index (Phi) is 9.56. The fraction of sp³-hybridized carbons (Fsp3) is 0.581. The number of ether oxygens (including phenoxy) is 1. The van der Waals surface area contributed by atoms with Crippen LogP contribution in [0.25, 0.3) is 0 Å². The molecule has 2 aromatic rings. The van der Waals surface area contributed by atoms with Gasteiger partial charge in [-0.15, -0.1) is 4.72 Å². The zero-order valence-electron chi connectivity index (χ0n) is 25.3. The van der Waals surface area contributed by atoms with Crippen molar-refractivity contribution in [2.45, 2.75) is 102 Å². The van der Waals surface area contributed by atoms with Crippen molar-refractivity contribution in [3.05, 3.63) is 59.7 Å². The maximum atomic E-state index is 15.3. The van der Waals surface area contributed by atoms with E-state index in [0.717, 1.165) is 19.3 Å². The van der Waals surface area contributed by atoms with E-state index in [9.17, 15) is 19.2 Å². The van der Waals surface area contributed by atoms with Gasteiger partial charge in [0.25, 0.3) is 0 Å². The lowest BCUT2D eigenvalue weighted by molar-refractivity contribution is -0.120. The Bertz CT molecular complexity index is 1260. The summed E-state index contributed by atoms with van der Waals surface area (Å²) in [5.41, 5.74) is -0.658. The van der Waals surface area contributed by atoms with Crippen LogP contribution in [0.15, 0.2) is 42.6 Å². The Hall–Kier alpha value is -2.73. The molecule has 42 heavy (non-hydrogen) atoms. The molecule has 1 aliphatic heterocycles. The monoisotopic (exact) mass is 602 g/mol. The van der Waals surface area contributed by atoms with E-state index < -0.39 is 57.2 Å². The predicted octanol–water partition coefficient (Wildman–Crippen LogP) is 5.02. The van der Waals surface area contributed by atoms with Gasteiger partial charge < -0.3 is 19.7 Å². The van der Waals surface area contributed by atoms with Gasteiger partial charge in [-0.2, -0.15) is 0 Å². The van der Waals surface area contributed by atoms with Gasteiger partial charge in [-0.25, -0.2) is 9.18 Å². The second-order valence-electron chi connectivity index (χ2n) is 13.3. The van der Waals surface area contributed by atoms with Gasteiger partial charge >= 0.3 is 6.09 Å². The highest BCUT2D eigenvalue weighted by Gasteiger charge is 2.45. The van der Waals surface area contributed by atoms with Crippen LogP contribution in [0.2, 0.25) is 0 Å². The topological polar surface area (TPSA) is 127 Å². The van der Waals surface area contributed by atoms with Crippen molar-refractivity contribution in [1.29, 1.82) is 0 Å². The first kappa shape index (κ1) is 32.2. The van der Waals surface area contributed by atoms with Gasteiger partial charge in [0.2, 0.25) is 5.91 Å². The molecule has 9 nitrogen and oxygen atoms in total. The van der Waals surface area contributed by atoms with Crippen molar-refractivity contribution in [3.8, 4) is 0 Å². The van der Waals surface area contributed by atoms with Crippen molar-refractivity contribution < 1.29 is 28.4 Å². The van der Waals surface area contributed by atoms with E-state index in [-0.39, 0.29) is 18.7 Å². The Labute approximate surface area is 250 Å². The number of nitrogens with zero attached hydrogens (tertiary/aromatic N) is 2. The van der Waals surface area contributed by atoms with E-state index in [1.54, 1.807) is 45.2 Å². The predicted molar refractivity (Wildman–Crippen MR) is 160 cm³/mol. The number of amides is 2. The second kappa shape index (κ2) is 12.5. The lowest BCUT2D eigenvalue weighted by Crippen LogP contribution is -2.52. The first-order chi connectivity index (χ1) is 19.6. The minimum absolute atomic E-state index is 0.00222. The zero-order valence-corrected chi connectivity index (χ0v) is 26.1. The van der Waals surface area contributed by atoms with E-state index in [0.29, 0.717) is 23.6 Å². The molecule has 1 aromatic carbocycles. The molecule has 1 aliphatic carbocycles. The van der Waals surface area contributed by atoms with Gasteiger partial charge in [-0.05, 0) is 90.1 Å². The van der Waals surface area contributed by atoms with Gasteiger partial charge in [0.15, 0.2) is 0 Å². The molecule has 2 aliphatic rings. The van der Waals surface area contributed by atoms with Gasteiger partial charge in [0, 0.05) is 24.0 Å². The van der Waals surface area contributed by atoms with Crippen LogP contribution >= 0.6 is 0 Å². The highest BCUT2D eigenvalue weighted by molar-refractivity contribution is 7.90. The first-order valence-corrected chi connectivity index (χ1v) is 15.6. The number of halogens is 1. The molecular formula is C31H43FN4O5S. The average Bonchev–Trinajstić information content (AvgIpc) is 3.65. The third kappa shape index (κ3) is 7.80. The van der Waals surface area contributed by atoms with Crippen LogP contribution in [0.3, 0.4) is 0 Å². The van der Waals surface area contributed by atoms with Crippen LogP contribution < -0.4 is 10.0 Å². The molecule has 4 atom stereocenters. The minimum Gasteiger partial charge on any atom is -0.598 e. The minimum atomic E-state index is -1.51. The molecule has 4 rings (SSSR count). The lowest BCUT2D eigenvalue weighted by atomic mass is 9.82. The fourth-order valence-corrected chi connectivity index (χ4v) is 5.97. The SMILES string of the molecule is CC(C)(C)OC(=O)N1CC(O)CC1C(=O)Nc1cc(C(CCC2CC2)(N[S+]([O-])C(C)(C)C)c2ccccn2)ccc1F. The highest BCUT2D eigenvalue weighted by atomic mass is 32.2. The maximum absolute atomic E-state index is 15.3. The summed E-state index contributed by atoms with van der Waals surface area (Å²) in [6.45, 7) is 10.7. The van der Waals surface area contributed by atoms with Gasteiger partial charge in [-0.1, -0.05) is 25.0 Å². The standard InChI is InChI=1S/C31H43FN4O5S/c1-29(2,3)41-28(39)36-19-22(37)18-25(36)27(38)34-24-17-21(12-13-23(24)32)31(15-14-20-10-11-20,26-9-7-8-16-33-26)35-42(40)30(4,5)6/h7-9,12-13,16-17,20,22,25,35,37H,10-11,14-15,18-19H2,1-6H3,(H,34,38). The molecule has 0 radical (unpaired) electrons. The lowest BCUT2D eigenvalue weighted by Gasteiger charge is -2.38. The molecule has 2 heterocycles. The van der Waals surface area contributed by atoms with Gasteiger partial charge in [-0.3, -0.25) is 14.7 Å². The normalized spacial score (nSPS) is 21.5.